The average molecular weight is 188 g/mol. The molecule has 0 aromatic rings. The van der Waals surface area contributed by atoms with Crippen LogP contribution in [0.1, 0.15) is 13.3 Å². The Morgan fingerprint density at radius 3 is 2.77 bits per heavy atom. The minimum Gasteiger partial charge on any atom is -0.385 e. The third-order valence-corrected chi connectivity index (χ3v) is 1.79. The van der Waals surface area contributed by atoms with Gasteiger partial charge in [0, 0.05) is 27.3 Å². The van der Waals surface area contributed by atoms with Crippen LogP contribution >= 0.6 is 0 Å². The monoisotopic (exact) mass is 188 g/mol. The van der Waals surface area contributed by atoms with Gasteiger partial charge in [-0.15, -0.1) is 0 Å². The summed E-state index contributed by atoms with van der Waals surface area (Å²) in [4.78, 5) is 13.0. The smallest absolute Gasteiger partial charge is 0.236 e. The molecule has 13 heavy (non-hydrogen) atoms. The summed E-state index contributed by atoms with van der Waals surface area (Å²) >= 11 is 0. The second-order valence-corrected chi connectivity index (χ2v) is 2.94. The first-order valence-electron chi connectivity index (χ1n) is 4.66. The lowest BCUT2D eigenvalue weighted by molar-refractivity contribution is -0.129. The molecule has 4 heteroatoms. The zero-order chi connectivity index (χ0) is 10.1. The van der Waals surface area contributed by atoms with Crippen LogP contribution < -0.4 is 5.32 Å². The van der Waals surface area contributed by atoms with E-state index in [1.807, 2.05) is 14.0 Å². The summed E-state index contributed by atoms with van der Waals surface area (Å²) in [7, 11) is 3.48. The molecule has 0 fully saturated rings. The number of hydrogen-bond acceptors (Lipinski definition) is 3. The largest absolute Gasteiger partial charge is 0.385 e. The Balaban J connectivity index is 3.45. The van der Waals surface area contributed by atoms with Crippen LogP contribution in [0.25, 0.3) is 0 Å². The van der Waals surface area contributed by atoms with Crippen LogP contribution in [0.3, 0.4) is 0 Å². The molecule has 1 N–H and O–H groups in total. The molecular weight excluding hydrogens is 168 g/mol. The van der Waals surface area contributed by atoms with E-state index in [1.165, 1.54) is 0 Å². The Bertz CT molecular complexity index is 140. The Labute approximate surface area is 80.2 Å². The maximum absolute atomic E-state index is 11.3. The summed E-state index contributed by atoms with van der Waals surface area (Å²) in [6, 6.07) is 0. The van der Waals surface area contributed by atoms with E-state index in [1.54, 1.807) is 12.0 Å². The van der Waals surface area contributed by atoms with E-state index in [0.29, 0.717) is 13.2 Å². The normalized spacial score (nSPS) is 10.1. The van der Waals surface area contributed by atoms with Gasteiger partial charge in [0.15, 0.2) is 0 Å². The third kappa shape index (κ3) is 6.54. The molecule has 1 amide bonds. The Hall–Kier alpha value is -0.610. The van der Waals surface area contributed by atoms with E-state index in [9.17, 15) is 4.79 Å². The summed E-state index contributed by atoms with van der Waals surface area (Å²) < 4.78 is 4.90. The molecule has 0 aromatic carbocycles. The maximum Gasteiger partial charge on any atom is 0.236 e. The van der Waals surface area contributed by atoms with Crippen molar-refractivity contribution in [1.29, 1.82) is 0 Å². The number of ether oxygens (including phenoxy) is 1. The van der Waals surface area contributed by atoms with Crippen LogP contribution in [0, 0.1) is 0 Å². The molecule has 0 saturated heterocycles. The van der Waals surface area contributed by atoms with Crippen molar-refractivity contribution in [3.63, 3.8) is 0 Å². The van der Waals surface area contributed by atoms with Crippen LogP contribution in [-0.2, 0) is 9.53 Å². The van der Waals surface area contributed by atoms with Gasteiger partial charge in [-0.1, -0.05) is 6.92 Å². The van der Waals surface area contributed by atoms with Gasteiger partial charge in [0.25, 0.3) is 0 Å². The molecule has 4 nitrogen and oxygen atoms in total. The Morgan fingerprint density at radius 1 is 1.54 bits per heavy atom. The number of carbonyl (C=O) groups excluding carboxylic acids is 1. The summed E-state index contributed by atoms with van der Waals surface area (Å²) in [5, 5.41) is 3.00. The summed E-state index contributed by atoms with van der Waals surface area (Å²) in [6.45, 7) is 4.72. The van der Waals surface area contributed by atoms with Crippen molar-refractivity contribution in [3.8, 4) is 0 Å². The van der Waals surface area contributed by atoms with Crippen LogP contribution in [0.2, 0.25) is 0 Å². The molecule has 0 bridgehead atoms. The zero-order valence-corrected chi connectivity index (χ0v) is 8.80. The van der Waals surface area contributed by atoms with Gasteiger partial charge >= 0.3 is 0 Å². The summed E-state index contributed by atoms with van der Waals surface area (Å²) in [6.07, 6.45) is 0.894. The lowest BCUT2D eigenvalue weighted by atomic mass is 10.4. The van der Waals surface area contributed by atoms with Crippen LogP contribution in [0.4, 0.5) is 0 Å². The SMILES string of the molecule is CCNCC(=O)N(C)CCCOC. The molecular formula is C9H20N2O2. The van der Waals surface area contributed by atoms with Gasteiger partial charge in [0.05, 0.1) is 6.54 Å². The predicted molar refractivity (Wildman–Crippen MR) is 52.7 cm³/mol. The van der Waals surface area contributed by atoms with E-state index < -0.39 is 0 Å². The lowest BCUT2D eigenvalue weighted by Gasteiger charge is -2.16. The summed E-state index contributed by atoms with van der Waals surface area (Å²) in [5.41, 5.74) is 0. The standard InChI is InChI=1S/C9H20N2O2/c1-4-10-8-9(12)11(2)6-5-7-13-3/h10H,4-8H2,1-3H3. The minimum atomic E-state index is 0.137. The fraction of sp³-hybridized carbons (Fsp3) is 0.889. The van der Waals surface area contributed by atoms with Crippen molar-refractivity contribution in [1.82, 2.24) is 10.2 Å². The van der Waals surface area contributed by atoms with E-state index in [2.05, 4.69) is 5.32 Å². The highest BCUT2D eigenvalue weighted by Gasteiger charge is 2.05. The first kappa shape index (κ1) is 12.4. The zero-order valence-electron chi connectivity index (χ0n) is 8.80. The van der Waals surface area contributed by atoms with Gasteiger partial charge in [0.1, 0.15) is 0 Å². The number of methoxy groups -OCH3 is 1. The number of amides is 1. The van der Waals surface area contributed by atoms with Gasteiger partial charge in [-0.2, -0.15) is 0 Å². The summed E-state index contributed by atoms with van der Waals surface area (Å²) in [5.74, 6) is 0.137. The maximum atomic E-state index is 11.3. The third-order valence-electron chi connectivity index (χ3n) is 1.79. The molecule has 0 rings (SSSR count). The quantitative estimate of drug-likeness (QED) is 0.576. The Morgan fingerprint density at radius 2 is 2.23 bits per heavy atom. The molecule has 0 radical (unpaired) electrons. The number of likely N-dealkylation sites (N-methyl/N-ethyl adjacent to an activating group) is 2. The van der Waals surface area contributed by atoms with Gasteiger partial charge in [0.2, 0.25) is 5.91 Å². The van der Waals surface area contributed by atoms with Crippen LogP contribution in [-0.4, -0.2) is 51.2 Å². The molecule has 0 spiro atoms. The molecule has 0 aliphatic heterocycles. The van der Waals surface area contributed by atoms with E-state index in [4.69, 9.17) is 4.74 Å². The van der Waals surface area contributed by atoms with Crippen molar-refractivity contribution in [3.05, 3.63) is 0 Å². The average Bonchev–Trinajstić information content (AvgIpc) is 2.14. The van der Waals surface area contributed by atoms with Gasteiger partial charge < -0.3 is 15.0 Å². The number of nitrogens with one attached hydrogen (secondary N) is 1. The molecule has 0 aliphatic rings. The van der Waals surface area contributed by atoms with Crippen molar-refractivity contribution in [2.45, 2.75) is 13.3 Å². The van der Waals surface area contributed by atoms with Gasteiger partial charge in [-0.3, -0.25) is 4.79 Å². The first-order chi connectivity index (χ1) is 6.22. The van der Waals surface area contributed by atoms with E-state index in [0.717, 1.165) is 19.5 Å². The molecule has 0 heterocycles. The highest BCUT2D eigenvalue weighted by molar-refractivity contribution is 5.77. The number of nitrogens with zero attached hydrogens (tertiary/aromatic N) is 1. The van der Waals surface area contributed by atoms with Crippen molar-refractivity contribution >= 4 is 5.91 Å². The van der Waals surface area contributed by atoms with Gasteiger partial charge in [-0.25, -0.2) is 0 Å². The highest BCUT2D eigenvalue weighted by atomic mass is 16.5. The molecule has 0 atom stereocenters. The number of carbonyl (C=O) groups is 1. The van der Waals surface area contributed by atoms with E-state index in [-0.39, 0.29) is 5.91 Å². The molecule has 0 unspecified atom stereocenters. The molecule has 0 aliphatic carbocycles. The highest BCUT2D eigenvalue weighted by Crippen LogP contribution is 1.88. The molecule has 0 aromatic heterocycles. The second kappa shape index (κ2) is 8.01. The van der Waals surface area contributed by atoms with Crippen molar-refractivity contribution < 1.29 is 9.53 Å². The topological polar surface area (TPSA) is 41.6 Å². The fourth-order valence-electron chi connectivity index (χ4n) is 0.938. The molecule has 78 valence electrons. The predicted octanol–water partition coefficient (Wildman–Crippen LogP) is 0.0908. The Kier molecular flexibility index (Phi) is 7.63. The van der Waals surface area contributed by atoms with E-state index >= 15 is 0 Å². The van der Waals surface area contributed by atoms with Crippen molar-refractivity contribution in [2.75, 3.05) is 40.4 Å². The second-order valence-electron chi connectivity index (χ2n) is 2.94. The van der Waals surface area contributed by atoms with Crippen LogP contribution in [0.15, 0.2) is 0 Å². The van der Waals surface area contributed by atoms with Gasteiger partial charge in [-0.05, 0) is 13.0 Å². The van der Waals surface area contributed by atoms with Crippen LogP contribution in [0.5, 0.6) is 0 Å². The first-order valence-corrected chi connectivity index (χ1v) is 4.66. The lowest BCUT2D eigenvalue weighted by Crippen LogP contribution is -2.36. The number of rotatable bonds is 7. The fourth-order valence-corrected chi connectivity index (χ4v) is 0.938. The minimum absolute atomic E-state index is 0.137. The molecule has 0 saturated carbocycles. The van der Waals surface area contributed by atoms with Crippen molar-refractivity contribution in [2.24, 2.45) is 0 Å². The number of hydrogen-bond donors (Lipinski definition) is 1.